The number of nitrogens with zero attached hydrogens (tertiary/aromatic N) is 1. The standard InChI is InChI=1S/C27H29FN4O5S.ClH/c28-22-8-10-24(11-9-22)37-32(23-4-2-1-3-5-23)38(35,36)25-12-6-21(7-13-25)27(34)31-19-26(33)30-18-20-14-16-29-17-15-20;/h1-13,20,29H,14-19H2,(H,30,33)(H,31,34);1H. The number of piperidine rings is 1. The van der Waals surface area contributed by atoms with Gasteiger partial charge in [0.15, 0.2) is 5.75 Å². The molecule has 3 aromatic carbocycles. The highest BCUT2D eigenvalue weighted by Crippen LogP contribution is 2.26. The highest BCUT2D eigenvalue weighted by molar-refractivity contribution is 7.92. The van der Waals surface area contributed by atoms with Gasteiger partial charge in [-0.05, 0) is 92.5 Å². The zero-order chi connectivity index (χ0) is 27.0. The van der Waals surface area contributed by atoms with E-state index in [2.05, 4.69) is 16.0 Å². The van der Waals surface area contributed by atoms with Crippen LogP contribution in [0.2, 0.25) is 0 Å². The highest BCUT2D eigenvalue weighted by atomic mass is 35.5. The van der Waals surface area contributed by atoms with Gasteiger partial charge in [-0.25, -0.2) is 4.39 Å². The van der Waals surface area contributed by atoms with Gasteiger partial charge in [0.05, 0.1) is 17.1 Å². The number of nitrogens with one attached hydrogen (secondary N) is 3. The molecule has 4 rings (SSSR count). The summed E-state index contributed by atoms with van der Waals surface area (Å²) in [6.07, 6.45) is 2.00. The Morgan fingerprint density at radius 2 is 1.56 bits per heavy atom. The molecule has 3 aromatic rings. The maximum Gasteiger partial charge on any atom is 0.295 e. The van der Waals surface area contributed by atoms with Gasteiger partial charge in [0, 0.05) is 12.1 Å². The Bertz CT molecular complexity index is 1340. The molecule has 0 aliphatic carbocycles. The molecule has 0 aromatic heterocycles. The van der Waals surface area contributed by atoms with Gasteiger partial charge in [-0.1, -0.05) is 22.7 Å². The molecule has 3 N–H and O–H groups in total. The van der Waals surface area contributed by atoms with Crippen LogP contribution in [0.1, 0.15) is 23.2 Å². The van der Waals surface area contributed by atoms with Crippen molar-refractivity contribution < 1.29 is 27.2 Å². The van der Waals surface area contributed by atoms with Crippen molar-refractivity contribution in [3.8, 4) is 5.75 Å². The maximum absolute atomic E-state index is 13.5. The quantitative estimate of drug-likeness (QED) is 0.319. The molecule has 0 saturated carbocycles. The molecule has 39 heavy (non-hydrogen) atoms. The van der Waals surface area contributed by atoms with Crippen LogP contribution in [0.4, 0.5) is 10.1 Å². The van der Waals surface area contributed by atoms with Crippen molar-refractivity contribution in [2.24, 2.45) is 5.92 Å². The zero-order valence-electron chi connectivity index (χ0n) is 21.0. The highest BCUT2D eigenvalue weighted by Gasteiger charge is 2.28. The minimum atomic E-state index is -4.23. The van der Waals surface area contributed by atoms with E-state index in [1.165, 1.54) is 36.4 Å². The molecule has 0 spiro atoms. The summed E-state index contributed by atoms with van der Waals surface area (Å²) in [6.45, 7) is 2.26. The minimum Gasteiger partial charge on any atom is -0.364 e. The Hall–Kier alpha value is -3.67. The fraction of sp³-hybridized carbons (Fsp3) is 0.259. The van der Waals surface area contributed by atoms with Gasteiger partial charge < -0.3 is 20.8 Å². The predicted molar refractivity (Wildman–Crippen MR) is 148 cm³/mol. The SMILES string of the molecule is Cl.O=C(CNC(=O)c1ccc(S(=O)(=O)N(Oc2ccc(F)cc2)c2ccccc2)cc1)NCC1CCNCC1. The van der Waals surface area contributed by atoms with E-state index >= 15 is 0 Å². The van der Waals surface area contributed by atoms with Crippen molar-refractivity contribution in [3.63, 3.8) is 0 Å². The molecule has 1 saturated heterocycles. The molecule has 1 aliphatic heterocycles. The van der Waals surface area contributed by atoms with Crippen LogP contribution in [0.25, 0.3) is 0 Å². The van der Waals surface area contributed by atoms with E-state index in [0.29, 0.717) is 12.5 Å². The number of carbonyl (C=O) groups excluding carboxylic acids is 2. The van der Waals surface area contributed by atoms with Gasteiger partial charge in [-0.3, -0.25) is 9.59 Å². The van der Waals surface area contributed by atoms with Crippen molar-refractivity contribution in [1.82, 2.24) is 16.0 Å². The van der Waals surface area contributed by atoms with Crippen LogP contribution in [-0.2, 0) is 14.8 Å². The fourth-order valence-corrected chi connectivity index (χ4v) is 5.18. The van der Waals surface area contributed by atoms with Crippen LogP contribution in [0.15, 0.2) is 83.8 Å². The molecular weight excluding hydrogens is 547 g/mol. The summed E-state index contributed by atoms with van der Waals surface area (Å²) in [5.74, 6) is -0.735. The van der Waals surface area contributed by atoms with Crippen LogP contribution in [0, 0.1) is 11.7 Å². The van der Waals surface area contributed by atoms with Crippen LogP contribution in [0.5, 0.6) is 5.75 Å². The Morgan fingerprint density at radius 1 is 0.923 bits per heavy atom. The van der Waals surface area contributed by atoms with Gasteiger partial charge in [-0.15, -0.1) is 12.4 Å². The number of hydrogen-bond acceptors (Lipinski definition) is 6. The number of sulfonamides is 1. The molecule has 1 aliphatic rings. The summed E-state index contributed by atoms with van der Waals surface area (Å²) in [5.41, 5.74) is 0.426. The molecule has 0 unspecified atom stereocenters. The van der Waals surface area contributed by atoms with Crippen molar-refractivity contribution in [2.45, 2.75) is 17.7 Å². The molecule has 0 bridgehead atoms. The van der Waals surface area contributed by atoms with E-state index in [4.69, 9.17) is 4.84 Å². The lowest BCUT2D eigenvalue weighted by atomic mass is 9.98. The van der Waals surface area contributed by atoms with E-state index in [9.17, 15) is 22.4 Å². The minimum absolute atomic E-state index is 0. The zero-order valence-corrected chi connectivity index (χ0v) is 22.6. The van der Waals surface area contributed by atoms with Gasteiger partial charge in [-0.2, -0.15) is 8.42 Å². The number of hydrogen-bond donors (Lipinski definition) is 3. The number of anilines is 1. The number of para-hydroxylation sites is 1. The lowest BCUT2D eigenvalue weighted by Crippen LogP contribution is -2.40. The number of halogens is 2. The molecule has 9 nitrogen and oxygen atoms in total. The maximum atomic E-state index is 13.5. The number of rotatable bonds is 10. The van der Waals surface area contributed by atoms with Gasteiger partial charge in [0.25, 0.3) is 15.9 Å². The van der Waals surface area contributed by atoms with Crippen molar-refractivity contribution in [2.75, 3.05) is 30.6 Å². The first kappa shape index (κ1) is 29.9. The molecular formula is C27H30ClFN4O5S. The van der Waals surface area contributed by atoms with E-state index in [0.717, 1.165) is 42.5 Å². The first-order chi connectivity index (χ1) is 18.3. The lowest BCUT2D eigenvalue weighted by molar-refractivity contribution is -0.120. The second kappa shape index (κ2) is 13.9. The summed E-state index contributed by atoms with van der Waals surface area (Å²) in [7, 11) is -4.23. The van der Waals surface area contributed by atoms with E-state index in [1.54, 1.807) is 30.3 Å². The summed E-state index contributed by atoms with van der Waals surface area (Å²) >= 11 is 0. The number of carbonyl (C=O) groups is 2. The van der Waals surface area contributed by atoms with Crippen LogP contribution in [0.3, 0.4) is 0 Å². The second-order valence-electron chi connectivity index (χ2n) is 8.82. The Balaban J connectivity index is 0.00000420. The normalized spacial score (nSPS) is 13.6. The predicted octanol–water partition coefficient (Wildman–Crippen LogP) is 3.28. The fourth-order valence-electron chi connectivity index (χ4n) is 3.92. The summed E-state index contributed by atoms with van der Waals surface area (Å²) < 4.78 is 41.0. The van der Waals surface area contributed by atoms with E-state index in [-0.39, 0.29) is 46.8 Å². The Kier molecular flexibility index (Phi) is 10.7. The topological polar surface area (TPSA) is 117 Å². The smallest absolute Gasteiger partial charge is 0.295 e. The molecule has 0 atom stereocenters. The van der Waals surface area contributed by atoms with E-state index in [1.807, 2.05) is 0 Å². The van der Waals surface area contributed by atoms with Crippen molar-refractivity contribution >= 4 is 39.9 Å². The van der Waals surface area contributed by atoms with E-state index < -0.39 is 21.7 Å². The average molecular weight is 577 g/mol. The third-order valence-corrected chi connectivity index (χ3v) is 7.65. The van der Waals surface area contributed by atoms with Gasteiger partial charge in [0.2, 0.25) is 5.91 Å². The van der Waals surface area contributed by atoms with Crippen molar-refractivity contribution in [1.29, 1.82) is 0 Å². The first-order valence-corrected chi connectivity index (χ1v) is 13.7. The third-order valence-electron chi connectivity index (χ3n) is 6.06. The summed E-state index contributed by atoms with van der Waals surface area (Å²) in [4.78, 5) is 30.2. The number of amides is 2. The molecule has 1 fully saturated rings. The third kappa shape index (κ3) is 8.16. The van der Waals surface area contributed by atoms with Crippen LogP contribution >= 0.6 is 12.4 Å². The largest absolute Gasteiger partial charge is 0.364 e. The van der Waals surface area contributed by atoms with Crippen LogP contribution < -0.4 is 25.3 Å². The molecule has 208 valence electrons. The molecule has 0 radical (unpaired) electrons. The lowest BCUT2D eigenvalue weighted by Gasteiger charge is -2.24. The average Bonchev–Trinajstić information content (AvgIpc) is 2.95. The first-order valence-electron chi connectivity index (χ1n) is 12.2. The molecule has 1 heterocycles. The van der Waals surface area contributed by atoms with Crippen LogP contribution in [-0.4, -0.2) is 46.4 Å². The van der Waals surface area contributed by atoms with Crippen molar-refractivity contribution in [3.05, 3.63) is 90.2 Å². The monoisotopic (exact) mass is 576 g/mol. The molecule has 12 heteroatoms. The summed E-state index contributed by atoms with van der Waals surface area (Å²) in [6, 6.07) is 18.4. The Labute approximate surface area is 233 Å². The van der Waals surface area contributed by atoms with Gasteiger partial charge in [0.1, 0.15) is 5.82 Å². The summed E-state index contributed by atoms with van der Waals surface area (Å²) in [5, 5.41) is 8.66. The van der Waals surface area contributed by atoms with Gasteiger partial charge >= 0.3 is 0 Å². The second-order valence-corrected chi connectivity index (χ2v) is 10.6. The Morgan fingerprint density at radius 3 is 2.21 bits per heavy atom. The number of benzene rings is 3. The molecule has 2 amide bonds.